The number of para-hydroxylation sites is 1. The van der Waals surface area contributed by atoms with E-state index in [0.717, 1.165) is 43.1 Å². The lowest BCUT2D eigenvalue weighted by Crippen LogP contribution is -2.43. The molecule has 3 rings (SSSR count). The second kappa shape index (κ2) is 6.86. The molecule has 0 atom stereocenters. The van der Waals surface area contributed by atoms with E-state index >= 15 is 0 Å². The number of guanidine groups is 1. The van der Waals surface area contributed by atoms with Crippen LogP contribution in [0.15, 0.2) is 29.3 Å². The van der Waals surface area contributed by atoms with Gasteiger partial charge in [0.05, 0.1) is 11.4 Å². The monoisotopic (exact) mass is 364 g/mol. The Kier molecular flexibility index (Phi) is 4.95. The fraction of sp³-hybridized carbons (Fsp3) is 0.611. The summed E-state index contributed by atoms with van der Waals surface area (Å²) in [6, 6.07) is 7.73. The van der Waals surface area contributed by atoms with Crippen molar-refractivity contribution in [1.29, 1.82) is 0 Å². The van der Waals surface area contributed by atoms with E-state index in [1.165, 1.54) is 0 Å². The molecule has 1 saturated heterocycles. The number of hydrogen-bond donors (Lipinski definition) is 1. The Bertz CT molecular complexity index is 758. The molecule has 138 valence electrons. The predicted octanol–water partition coefficient (Wildman–Crippen LogP) is 1.69. The predicted molar refractivity (Wildman–Crippen MR) is 103 cm³/mol. The van der Waals surface area contributed by atoms with Crippen LogP contribution in [0.1, 0.15) is 25.8 Å². The van der Waals surface area contributed by atoms with Crippen molar-refractivity contribution in [2.24, 2.45) is 10.4 Å². The van der Waals surface area contributed by atoms with Gasteiger partial charge in [-0.25, -0.2) is 8.42 Å². The van der Waals surface area contributed by atoms with E-state index in [9.17, 15) is 8.42 Å². The van der Waals surface area contributed by atoms with Gasteiger partial charge in [0, 0.05) is 33.2 Å². The molecule has 2 heterocycles. The molecule has 0 spiro atoms. The van der Waals surface area contributed by atoms with Crippen LogP contribution in [0.3, 0.4) is 0 Å². The van der Waals surface area contributed by atoms with Crippen molar-refractivity contribution >= 4 is 21.7 Å². The number of likely N-dealkylation sites (tertiary alicyclic amines) is 1. The number of anilines is 1. The van der Waals surface area contributed by atoms with Gasteiger partial charge in [0.1, 0.15) is 0 Å². The Morgan fingerprint density at radius 3 is 2.72 bits per heavy atom. The number of rotatable bonds is 4. The minimum atomic E-state index is -3.33. The summed E-state index contributed by atoms with van der Waals surface area (Å²) in [5.41, 5.74) is 2.21. The number of hydrogen-bond acceptors (Lipinski definition) is 3. The van der Waals surface area contributed by atoms with Crippen LogP contribution in [-0.4, -0.2) is 58.3 Å². The van der Waals surface area contributed by atoms with Crippen LogP contribution in [0.4, 0.5) is 5.69 Å². The zero-order valence-electron chi connectivity index (χ0n) is 15.3. The molecule has 2 aliphatic rings. The number of sulfonamides is 1. The van der Waals surface area contributed by atoms with E-state index in [-0.39, 0.29) is 11.2 Å². The normalized spacial score (nSPS) is 20.0. The number of aliphatic imine (C=N–C) groups is 1. The van der Waals surface area contributed by atoms with Crippen LogP contribution >= 0.6 is 0 Å². The smallest absolute Gasteiger partial charge is 0.236 e. The van der Waals surface area contributed by atoms with Gasteiger partial charge in [0.2, 0.25) is 10.0 Å². The fourth-order valence-corrected chi connectivity index (χ4v) is 5.05. The van der Waals surface area contributed by atoms with E-state index in [4.69, 9.17) is 0 Å². The molecule has 1 fully saturated rings. The maximum Gasteiger partial charge on any atom is 0.236 e. The summed E-state index contributed by atoms with van der Waals surface area (Å²) in [6.07, 6.45) is 1.91. The minimum Gasteiger partial charge on any atom is -0.355 e. The van der Waals surface area contributed by atoms with Gasteiger partial charge in [-0.05, 0) is 29.9 Å². The first-order chi connectivity index (χ1) is 11.8. The maximum absolute atomic E-state index is 12.7. The Morgan fingerprint density at radius 1 is 1.28 bits per heavy atom. The van der Waals surface area contributed by atoms with E-state index in [2.05, 4.69) is 29.1 Å². The Balaban J connectivity index is 1.58. The van der Waals surface area contributed by atoms with Gasteiger partial charge in [-0.15, -0.1) is 0 Å². The largest absolute Gasteiger partial charge is 0.355 e. The molecule has 2 aliphatic heterocycles. The molecule has 1 N–H and O–H groups in total. The van der Waals surface area contributed by atoms with Crippen LogP contribution in [0.5, 0.6) is 0 Å². The molecule has 25 heavy (non-hydrogen) atoms. The summed E-state index contributed by atoms with van der Waals surface area (Å²) >= 11 is 0. The Hall–Kier alpha value is -1.76. The zero-order chi connectivity index (χ0) is 18.1. The van der Waals surface area contributed by atoms with Gasteiger partial charge < -0.3 is 10.2 Å². The third-order valence-corrected chi connectivity index (χ3v) is 6.78. The van der Waals surface area contributed by atoms with Crippen molar-refractivity contribution in [1.82, 2.24) is 10.2 Å². The van der Waals surface area contributed by atoms with Gasteiger partial charge in [0.25, 0.3) is 0 Å². The second-order valence-corrected chi connectivity index (χ2v) is 9.59. The maximum atomic E-state index is 12.7. The first-order valence-electron chi connectivity index (χ1n) is 8.86. The lowest BCUT2D eigenvalue weighted by molar-refractivity contribution is 0.370. The highest BCUT2D eigenvalue weighted by Gasteiger charge is 2.32. The minimum absolute atomic E-state index is 0.0671. The van der Waals surface area contributed by atoms with Gasteiger partial charge in [-0.1, -0.05) is 32.0 Å². The molecule has 0 unspecified atom stereocenters. The molecule has 0 aliphatic carbocycles. The van der Waals surface area contributed by atoms with E-state index in [1.807, 2.05) is 24.3 Å². The molecule has 1 aromatic carbocycles. The summed E-state index contributed by atoms with van der Waals surface area (Å²) < 4.78 is 27.0. The molecular formula is C18H28N4O2S. The fourth-order valence-electron chi connectivity index (χ4n) is 3.62. The van der Waals surface area contributed by atoms with E-state index in [0.29, 0.717) is 13.1 Å². The summed E-state index contributed by atoms with van der Waals surface area (Å²) in [5, 5.41) is 3.22. The lowest BCUT2D eigenvalue weighted by Gasteiger charge is -2.24. The highest BCUT2D eigenvalue weighted by molar-refractivity contribution is 7.92. The molecular weight excluding hydrogens is 336 g/mol. The number of nitrogens with one attached hydrogen (secondary N) is 1. The highest BCUT2D eigenvalue weighted by atomic mass is 32.2. The van der Waals surface area contributed by atoms with E-state index < -0.39 is 10.0 Å². The van der Waals surface area contributed by atoms with Gasteiger partial charge >= 0.3 is 0 Å². The summed E-state index contributed by atoms with van der Waals surface area (Å²) in [6.45, 7) is 7.30. The SMILES string of the molecule is CN=C(NCCS(=O)(=O)N1CCc2ccccc21)N1CCC(C)(C)C1. The third kappa shape index (κ3) is 3.92. The molecule has 0 amide bonds. The van der Waals surface area contributed by atoms with Gasteiger partial charge in [0.15, 0.2) is 5.96 Å². The number of nitrogens with zero attached hydrogens (tertiary/aromatic N) is 3. The summed E-state index contributed by atoms with van der Waals surface area (Å²) in [7, 11) is -1.58. The molecule has 1 aromatic rings. The summed E-state index contributed by atoms with van der Waals surface area (Å²) in [4.78, 5) is 6.52. The van der Waals surface area contributed by atoms with Crippen LogP contribution in [0, 0.1) is 5.41 Å². The number of fused-ring (bicyclic) bond motifs is 1. The molecule has 0 aromatic heterocycles. The van der Waals surface area contributed by atoms with Crippen LogP contribution < -0.4 is 9.62 Å². The van der Waals surface area contributed by atoms with Crippen molar-refractivity contribution in [3.63, 3.8) is 0 Å². The van der Waals surface area contributed by atoms with Crippen LogP contribution in [0.25, 0.3) is 0 Å². The quantitative estimate of drug-likeness (QED) is 0.652. The first-order valence-corrected chi connectivity index (χ1v) is 10.5. The molecule has 7 heteroatoms. The molecule has 0 bridgehead atoms. The van der Waals surface area contributed by atoms with Crippen LogP contribution in [-0.2, 0) is 16.4 Å². The topological polar surface area (TPSA) is 65.0 Å². The second-order valence-electron chi connectivity index (χ2n) is 7.58. The highest BCUT2D eigenvalue weighted by Crippen LogP contribution is 2.30. The molecule has 0 radical (unpaired) electrons. The van der Waals surface area contributed by atoms with Crippen molar-refractivity contribution in [2.75, 3.05) is 43.3 Å². The van der Waals surface area contributed by atoms with E-state index in [1.54, 1.807) is 11.4 Å². The van der Waals surface area contributed by atoms with Crippen molar-refractivity contribution in [3.8, 4) is 0 Å². The third-order valence-electron chi connectivity index (χ3n) is 5.01. The Morgan fingerprint density at radius 2 is 2.04 bits per heavy atom. The molecule has 6 nitrogen and oxygen atoms in total. The number of benzene rings is 1. The van der Waals surface area contributed by atoms with Gasteiger partial charge in [-0.2, -0.15) is 0 Å². The zero-order valence-corrected chi connectivity index (χ0v) is 16.1. The Labute approximate surface area is 151 Å². The first kappa shape index (κ1) is 18.0. The molecule has 0 saturated carbocycles. The average molecular weight is 365 g/mol. The lowest BCUT2D eigenvalue weighted by atomic mass is 9.93. The van der Waals surface area contributed by atoms with Crippen molar-refractivity contribution < 1.29 is 8.42 Å². The van der Waals surface area contributed by atoms with Gasteiger partial charge in [-0.3, -0.25) is 9.30 Å². The summed E-state index contributed by atoms with van der Waals surface area (Å²) in [5.74, 6) is 0.861. The average Bonchev–Trinajstić information content (AvgIpc) is 3.15. The standard InChI is InChI=1S/C18H28N4O2S/c1-18(2)9-12-21(14-18)17(19-3)20-10-13-25(23,24)22-11-8-15-6-4-5-7-16(15)22/h4-7H,8-14H2,1-3H3,(H,19,20). The van der Waals surface area contributed by atoms with Crippen molar-refractivity contribution in [2.45, 2.75) is 26.7 Å². The van der Waals surface area contributed by atoms with Crippen LogP contribution in [0.2, 0.25) is 0 Å². The van der Waals surface area contributed by atoms with Crippen molar-refractivity contribution in [3.05, 3.63) is 29.8 Å².